The zero-order valence-electron chi connectivity index (χ0n) is 14.0. The Kier molecular flexibility index (Phi) is 20.9. The summed E-state index contributed by atoms with van der Waals surface area (Å²) in [6, 6.07) is 0. The Morgan fingerprint density at radius 2 is 1.05 bits per heavy atom. The fourth-order valence-electron chi connectivity index (χ4n) is 1.88. The molecule has 0 atom stereocenters. The first kappa shape index (κ1) is 23.1. The van der Waals surface area contributed by atoms with Crippen LogP contribution in [0.15, 0.2) is 0 Å². The van der Waals surface area contributed by atoms with Gasteiger partial charge in [0.2, 0.25) is 0 Å². The van der Waals surface area contributed by atoms with Crippen molar-refractivity contribution in [2.45, 2.75) is 90.9 Å². The van der Waals surface area contributed by atoms with Crippen molar-refractivity contribution >= 4 is 11.9 Å². The first-order valence-electron chi connectivity index (χ1n) is 8.30. The molecular weight excluding hydrogens is 288 g/mol. The Labute approximate surface area is 133 Å². The van der Waals surface area contributed by atoms with Crippen molar-refractivity contribution in [1.29, 1.82) is 0 Å². The maximum absolute atomic E-state index is 10.5. The van der Waals surface area contributed by atoms with Gasteiger partial charge in [-0.15, -0.1) is 0 Å². The van der Waals surface area contributed by atoms with Gasteiger partial charge >= 0.3 is 11.9 Å². The third-order valence-electron chi connectivity index (χ3n) is 3.14. The summed E-state index contributed by atoms with van der Waals surface area (Å²) < 4.78 is 0. The van der Waals surface area contributed by atoms with Crippen molar-refractivity contribution in [3.63, 3.8) is 0 Å². The van der Waals surface area contributed by atoms with Crippen LogP contribution in [0.2, 0.25) is 0 Å². The highest BCUT2D eigenvalue weighted by Crippen LogP contribution is 2.10. The van der Waals surface area contributed by atoms with E-state index < -0.39 is 11.9 Å². The van der Waals surface area contributed by atoms with Crippen LogP contribution in [-0.4, -0.2) is 22.5 Å². The van der Waals surface area contributed by atoms with Crippen molar-refractivity contribution in [3.8, 4) is 0 Å². The molecule has 22 heavy (non-hydrogen) atoms. The highest BCUT2D eigenvalue weighted by molar-refractivity contribution is 5.68. The van der Waals surface area contributed by atoms with Gasteiger partial charge in [0.15, 0.2) is 0 Å². The summed E-state index contributed by atoms with van der Waals surface area (Å²) in [5, 5.41) is 15.6. The molecule has 0 aromatic rings. The quantitative estimate of drug-likeness (QED) is 0.307. The molecule has 0 aliphatic rings. The molecule has 6 heteroatoms. The van der Waals surface area contributed by atoms with E-state index in [4.69, 9.17) is 10.5 Å². The maximum atomic E-state index is 10.5. The highest BCUT2D eigenvalue weighted by atomic mass is 17.1. The SMILES string of the molecule is CCCC(=O)OO.CCCCCCCCCCCC(=O)OO. The normalized spacial score (nSPS) is 9.64. The predicted octanol–water partition coefficient (Wildman–Crippen LogP) is 4.73. The topological polar surface area (TPSA) is 93.1 Å². The molecule has 0 aliphatic heterocycles. The Balaban J connectivity index is 0. The lowest BCUT2D eigenvalue weighted by Gasteiger charge is -2.00. The van der Waals surface area contributed by atoms with Gasteiger partial charge in [-0.25, -0.2) is 9.59 Å². The Morgan fingerprint density at radius 1 is 0.636 bits per heavy atom. The van der Waals surface area contributed by atoms with E-state index in [9.17, 15) is 9.59 Å². The van der Waals surface area contributed by atoms with Crippen LogP contribution < -0.4 is 0 Å². The molecule has 0 radical (unpaired) electrons. The second-order valence-corrected chi connectivity index (χ2v) is 5.26. The Bertz CT molecular complexity index is 255. The average molecular weight is 320 g/mol. The predicted molar refractivity (Wildman–Crippen MR) is 84.2 cm³/mol. The van der Waals surface area contributed by atoms with E-state index in [0.29, 0.717) is 12.8 Å². The average Bonchev–Trinajstić information content (AvgIpc) is 2.53. The lowest BCUT2D eigenvalue weighted by molar-refractivity contribution is -0.234. The molecule has 0 bridgehead atoms. The second kappa shape index (κ2) is 19.9. The van der Waals surface area contributed by atoms with E-state index in [-0.39, 0.29) is 6.42 Å². The van der Waals surface area contributed by atoms with Crippen LogP contribution in [0.5, 0.6) is 0 Å². The number of carbonyl (C=O) groups excluding carboxylic acids is 2. The molecule has 0 amide bonds. The number of hydrogen-bond donors (Lipinski definition) is 2. The Hall–Kier alpha value is -1.14. The molecule has 0 aliphatic carbocycles. The minimum absolute atomic E-state index is 0.288. The highest BCUT2D eigenvalue weighted by Gasteiger charge is 2.00. The zero-order valence-corrected chi connectivity index (χ0v) is 14.0. The van der Waals surface area contributed by atoms with Crippen molar-refractivity contribution in [2.24, 2.45) is 0 Å². The van der Waals surface area contributed by atoms with Gasteiger partial charge in [0.25, 0.3) is 0 Å². The molecule has 2 N–H and O–H groups in total. The van der Waals surface area contributed by atoms with Crippen LogP contribution in [0.1, 0.15) is 90.9 Å². The number of carbonyl (C=O) groups is 2. The molecule has 0 heterocycles. The Morgan fingerprint density at radius 3 is 1.41 bits per heavy atom. The van der Waals surface area contributed by atoms with Gasteiger partial charge in [-0.05, 0) is 12.8 Å². The van der Waals surface area contributed by atoms with Crippen LogP contribution in [-0.2, 0) is 19.4 Å². The summed E-state index contributed by atoms with van der Waals surface area (Å²) in [5.41, 5.74) is 0. The van der Waals surface area contributed by atoms with Gasteiger partial charge in [0.1, 0.15) is 0 Å². The summed E-state index contributed by atoms with van der Waals surface area (Å²) in [5.74, 6) is -1.08. The largest absolute Gasteiger partial charge is 0.342 e. The monoisotopic (exact) mass is 320 g/mol. The third kappa shape index (κ3) is 21.2. The summed E-state index contributed by atoms with van der Waals surface area (Å²) in [6.45, 7) is 4.05. The van der Waals surface area contributed by atoms with E-state index in [1.54, 1.807) is 0 Å². The van der Waals surface area contributed by atoms with Crippen molar-refractivity contribution < 1.29 is 29.9 Å². The van der Waals surface area contributed by atoms with Crippen LogP contribution in [0, 0.1) is 0 Å². The van der Waals surface area contributed by atoms with Crippen LogP contribution >= 0.6 is 0 Å². The first-order valence-corrected chi connectivity index (χ1v) is 8.30. The van der Waals surface area contributed by atoms with E-state index in [2.05, 4.69) is 16.7 Å². The minimum Gasteiger partial charge on any atom is -0.301 e. The van der Waals surface area contributed by atoms with E-state index in [0.717, 1.165) is 12.8 Å². The molecule has 0 saturated carbocycles. The molecule has 132 valence electrons. The van der Waals surface area contributed by atoms with Crippen molar-refractivity contribution in [3.05, 3.63) is 0 Å². The lowest BCUT2D eigenvalue weighted by atomic mass is 10.1. The first-order chi connectivity index (χ1) is 10.6. The molecule has 0 unspecified atom stereocenters. The van der Waals surface area contributed by atoms with Gasteiger partial charge in [-0.1, -0.05) is 65.2 Å². The third-order valence-corrected chi connectivity index (χ3v) is 3.14. The number of hydrogen-bond acceptors (Lipinski definition) is 6. The van der Waals surface area contributed by atoms with Crippen molar-refractivity contribution in [1.82, 2.24) is 0 Å². The maximum Gasteiger partial charge on any atom is 0.342 e. The van der Waals surface area contributed by atoms with Gasteiger partial charge in [-0.2, -0.15) is 10.5 Å². The smallest absolute Gasteiger partial charge is 0.301 e. The van der Waals surface area contributed by atoms with E-state index in [1.165, 1.54) is 44.9 Å². The van der Waals surface area contributed by atoms with Crippen LogP contribution in [0.3, 0.4) is 0 Å². The van der Waals surface area contributed by atoms with Crippen LogP contribution in [0.4, 0.5) is 0 Å². The molecule has 0 rings (SSSR count). The molecule has 0 saturated heterocycles. The van der Waals surface area contributed by atoms with Crippen LogP contribution in [0.25, 0.3) is 0 Å². The molecule has 0 spiro atoms. The summed E-state index contributed by atoms with van der Waals surface area (Å²) in [7, 11) is 0. The molecule has 6 nitrogen and oxygen atoms in total. The zero-order chi connectivity index (χ0) is 17.1. The van der Waals surface area contributed by atoms with Gasteiger partial charge in [0.05, 0.1) is 0 Å². The lowest BCUT2D eigenvalue weighted by Crippen LogP contribution is -1.99. The van der Waals surface area contributed by atoms with Gasteiger partial charge in [0, 0.05) is 12.8 Å². The van der Waals surface area contributed by atoms with Gasteiger partial charge in [-0.3, -0.25) is 0 Å². The summed E-state index contributed by atoms with van der Waals surface area (Å²) in [6.07, 6.45) is 12.3. The fraction of sp³-hybridized carbons (Fsp3) is 0.875. The minimum atomic E-state index is -0.567. The summed E-state index contributed by atoms with van der Waals surface area (Å²) in [4.78, 5) is 27.4. The molecule has 0 aromatic carbocycles. The fourth-order valence-corrected chi connectivity index (χ4v) is 1.88. The second-order valence-electron chi connectivity index (χ2n) is 5.26. The number of unbranched alkanes of at least 4 members (excludes halogenated alkanes) is 8. The molecule has 0 aromatic heterocycles. The van der Waals surface area contributed by atoms with Gasteiger partial charge < -0.3 is 9.78 Å². The number of rotatable bonds is 12. The molecule has 0 fully saturated rings. The van der Waals surface area contributed by atoms with E-state index in [1.807, 2.05) is 6.92 Å². The van der Waals surface area contributed by atoms with E-state index >= 15 is 0 Å². The van der Waals surface area contributed by atoms with Crippen molar-refractivity contribution in [2.75, 3.05) is 0 Å². The summed E-state index contributed by atoms with van der Waals surface area (Å²) >= 11 is 0. The standard InChI is InChI=1S/C12H24O3.C4H8O3/c1-2-3-4-5-6-7-8-9-10-11-12(13)15-14;1-2-3-4(5)7-6/h14H,2-11H2,1H3;6H,2-3H2,1H3. The molecular formula is C16H32O6.